The third-order valence-electron chi connectivity index (χ3n) is 1.44. The molecular weight excluding hydrogens is 174 g/mol. The van der Waals surface area contributed by atoms with Gasteiger partial charge in [0.25, 0.3) is 0 Å². The molecule has 2 aromatic heterocycles. The lowest BCUT2D eigenvalue weighted by atomic mass is 10.5. The molecule has 0 aliphatic heterocycles. The fourth-order valence-corrected chi connectivity index (χ4v) is 0.853. The van der Waals surface area contributed by atoms with Crippen molar-refractivity contribution in [2.45, 2.75) is 6.54 Å². The van der Waals surface area contributed by atoms with Crippen LogP contribution in [-0.2, 0) is 6.54 Å². The van der Waals surface area contributed by atoms with E-state index in [1.54, 1.807) is 18.6 Å². The normalized spacial score (nSPS) is 8.57. The zero-order valence-corrected chi connectivity index (χ0v) is 7.95. The predicted molar refractivity (Wildman–Crippen MR) is 56.7 cm³/mol. The summed E-state index contributed by atoms with van der Waals surface area (Å²) in [5.41, 5.74) is 0. The van der Waals surface area contributed by atoms with Crippen molar-refractivity contribution in [1.82, 2.24) is 14.8 Å². The van der Waals surface area contributed by atoms with Crippen molar-refractivity contribution < 1.29 is 0 Å². The minimum atomic E-state index is 0.799. The SMILES string of the molecule is C=CCn1cccn1.c1ccncc1. The monoisotopic (exact) mass is 187 g/mol. The molecule has 0 aliphatic carbocycles. The molecule has 0 saturated carbocycles. The van der Waals surface area contributed by atoms with Crippen molar-refractivity contribution in [3.05, 3.63) is 61.7 Å². The molecule has 0 unspecified atom stereocenters. The van der Waals surface area contributed by atoms with Gasteiger partial charge < -0.3 is 0 Å². The second-order valence-corrected chi connectivity index (χ2v) is 2.54. The maximum Gasteiger partial charge on any atom is 0.0587 e. The van der Waals surface area contributed by atoms with Crippen LogP contribution in [0.1, 0.15) is 0 Å². The van der Waals surface area contributed by atoms with Gasteiger partial charge >= 0.3 is 0 Å². The molecule has 0 amide bonds. The molecule has 2 aromatic rings. The summed E-state index contributed by atoms with van der Waals surface area (Å²) in [7, 11) is 0. The topological polar surface area (TPSA) is 30.7 Å². The van der Waals surface area contributed by atoms with Gasteiger partial charge in [-0.1, -0.05) is 12.1 Å². The lowest BCUT2D eigenvalue weighted by Gasteiger charge is -1.89. The van der Waals surface area contributed by atoms with Crippen LogP contribution < -0.4 is 0 Å². The van der Waals surface area contributed by atoms with Crippen LogP contribution in [0.3, 0.4) is 0 Å². The first-order valence-corrected chi connectivity index (χ1v) is 4.37. The molecule has 0 aliphatic rings. The van der Waals surface area contributed by atoms with Crippen LogP contribution in [0.4, 0.5) is 0 Å². The van der Waals surface area contributed by atoms with Crippen LogP contribution in [0, 0.1) is 0 Å². The number of pyridine rings is 1. The van der Waals surface area contributed by atoms with Gasteiger partial charge in [-0.3, -0.25) is 9.67 Å². The van der Waals surface area contributed by atoms with Crippen molar-refractivity contribution in [2.24, 2.45) is 0 Å². The van der Waals surface area contributed by atoms with Crippen LogP contribution in [-0.4, -0.2) is 14.8 Å². The summed E-state index contributed by atoms with van der Waals surface area (Å²) in [4.78, 5) is 3.78. The Morgan fingerprint density at radius 2 is 1.86 bits per heavy atom. The highest BCUT2D eigenvalue weighted by molar-refractivity contribution is 4.88. The number of rotatable bonds is 2. The van der Waals surface area contributed by atoms with Crippen molar-refractivity contribution >= 4 is 0 Å². The second-order valence-electron chi connectivity index (χ2n) is 2.54. The molecule has 0 radical (unpaired) electrons. The van der Waals surface area contributed by atoms with E-state index >= 15 is 0 Å². The third-order valence-corrected chi connectivity index (χ3v) is 1.44. The lowest BCUT2D eigenvalue weighted by molar-refractivity contribution is 0.703. The van der Waals surface area contributed by atoms with Crippen LogP contribution in [0.2, 0.25) is 0 Å². The maximum absolute atomic E-state index is 3.95. The molecule has 0 bridgehead atoms. The molecule has 2 heterocycles. The molecule has 72 valence electrons. The molecule has 0 spiro atoms. The van der Waals surface area contributed by atoms with Gasteiger partial charge in [-0.15, -0.1) is 6.58 Å². The fourth-order valence-electron chi connectivity index (χ4n) is 0.853. The van der Waals surface area contributed by atoms with E-state index in [2.05, 4.69) is 16.7 Å². The van der Waals surface area contributed by atoms with Gasteiger partial charge in [-0.25, -0.2) is 0 Å². The van der Waals surface area contributed by atoms with Gasteiger partial charge in [0.05, 0.1) is 6.54 Å². The lowest BCUT2D eigenvalue weighted by Crippen LogP contribution is -1.92. The van der Waals surface area contributed by atoms with E-state index < -0.39 is 0 Å². The number of hydrogen-bond donors (Lipinski definition) is 0. The first-order chi connectivity index (χ1) is 6.93. The highest BCUT2D eigenvalue weighted by atomic mass is 15.3. The average Bonchev–Trinajstić information content (AvgIpc) is 2.75. The van der Waals surface area contributed by atoms with E-state index in [1.807, 2.05) is 41.2 Å². The maximum atomic E-state index is 3.95. The van der Waals surface area contributed by atoms with Crippen LogP contribution in [0.25, 0.3) is 0 Å². The summed E-state index contributed by atoms with van der Waals surface area (Å²) in [5.74, 6) is 0. The van der Waals surface area contributed by atoms with Crippen molar-refractivity contribution in [1.29, 1.82) is 0 Å². The van der Waals surface area contributed by atoms with E-state index in [0.29, 0.717) is 0 Å². The van der Waals surface area contributed by atoms with E-state index in [0.717, 1.165) is 6.54 Å². The summed E-state index contributed by atoms with van der Waals surface area (Å²) in [6.07, 6.45) is 8.97. The Kier molecular flexibility index (Phi) is 4.80. The van der Waals surface area contributed by atoms with Gasteiger partial charge in [0.1, 0.15) is 0 Å². The van der Waals surface area contributed by atoms with E-state index in [1.165, 1.54) is 0 Å². The molecule has 0 fully saturated rings. The number of aromatic nitrogens is 3. The number of allylic oxidation sites excluding steroid dienone is 1. The summed E-state index contributed by atoms with van der Waals surface area (Å²) in [6, 6.07) is 7.61. The molecule has 0 N–H and O–H groups in total. The average molecular weight is 187 g/mol. The highest BCUT2D eigenvalue weighted by Gasteiger charge is 1.79. The summed E-state index contributed by atoms with van der Waals surface area (Å²) in [5, 5.41) is 3.95. The largest absolute Gasteiger partial charge is 0.269 e. The van der Waals surface area contributed by atoms with Gasteiger partial charge in [0.2, 0.25) is 0 Å². The summed E-state index contributed by atoms with van der Waals surface area (Å²) in [6.45, 7) is 4.37. The van der Waals surface area contributed by atoms with Gasteiger partial charge in [0.15, 0.2) is 0 Å². The first kappa shape index (κ1) is 10.2. The third kappa shape index (κ3) is 4.21. The molecule has 3 nitrogen and oxygen atoms in total. The number of nitrogens with zero attached hydrogens (tertiary/aromatic N) is 3. The van der Waals surface area contributed by atoms with E-state index in [4.69, 9.17) is 0 Å². The Bertz CT molecular complexity index is 300. The van der Waals surface area contributed by atoms with Gasteiger partial charge in [0, 0.05) is 24.8 Å². The summed E-state index contributed by atoms with van der Waals surface area (Å²) >= 11 is 0. The smallest absolute Gasteiger partial charge is 0.0587 e. The Hall–Kier alpha value is -1.90. The Morgan fingerprint density at radius 3 is 2.21 bits per heavy atom. The van der Waals surface area contributed by atoms with E-state index in [9.17, 15) is 0 Å². The van der Waals surface area contributed by atoms with Crippen LogP contribution in [0.5, 0.6) is 0 Å². The minimum Gasteiger partial charge on any atom is -0.269 e. The molecule has 2 rings (SSSR count). The fraction of sp³-hybridized carbons (Fsp3) is 0.0909. The molecule has 0 aromatic carbocycles. The Labute approximate surface area is 83.7 Å². The second kappa shape index (κ2) is 6.60. The van der Waals surface area contributed by atoms with Crippen LogP contribution >= 0.6 is 0 Å². The van der Waals surface area contributed by atoms with Crippen LogP contribution in [0.15, 0.2) is 61.7 Å². The Morgan fingerprint density at radius 1 is 1.07 bits per heavy atom. The molecule has 0 saturated heterocycles. The minimum absolute atomic E-state index is 0.799. The standard InChI is InChI=1S/C6H8N2.C5H5N/c1-2-5-8-6-3-4-7-8;1-2-4-6-5-3-1/h2-4,6H,1,5H2;1-5H. The number of hydrogen-bond acceptors (Lipinski definition) is 2. The molecule has 14 heavy (non-hydrogen) atoms. The first-order valence-electron chi connectivity index (χ1n) is 4.37. The molecule has 3 heteroatoms. The summed E-state index contributed by atoms with van der Waals surface area (Å²) < 4.78 is 1.81. The van der Waals surface area contributed by atoms with Gasteiger partial charge in [-0.05, 0) is 18.2 Å². The molecule has 0 atom stereocenters. The van der Waals surface area contributed by atoms with Crippen molar-refractivity contribution in [3.8, 4) is 0 Å². The van der Waals surface area contributed by atoms with Crippen molar-refractivity contribution in [3.63, 3.8) is 0 Å². The predicted octanol–water partition coefficient (Wildman–Crippen LogP) is 2.15. The quantitative estimate of drug-likeness (QED) is 0.674. The van der Waals surface area contributed by atoms with E-state index in [-0.39, 0.29) is 0 Å². The van der Waals surface area contributed by atoms with Gasteiger partial charge in [-0.2, -0.15) is 5.10 Å². The zero-order chi connectivity index (χ0) is 10.1. The molecular formula is C11H13N3. The van der Waals surface area contributed by atoms with Crippen molar-refractivity contribution in [2.75, 3.05) is 0 Å². The highest BCUT2D eigenvalue weighted by Crippen LogP contribution is 1.82. The zero-order valence-electron chi connectivity index (χ0n) is 7.95. The Balaban J connectivity index is 0.000000146.